The van der Waals surface area contributed by atoms with Gasteiger partial charge in [0.1, 0.15) is 4.75 Å². The Morgan fingerprint density at radius 3 is 2.82 bits per heavy atom. The molecule has 22 heavy (non-hydrogen) atoms. The highest BCUT2D eigenvalue weighted by Gasteiger charge is 2.43. The van der Waals surface area contributed by atoms with Crippen molar-refractivity contribution in [3.05, 3.63) is 23.6 Å². The first kappa shape index (κ1) is 16.7. The summed E-state index contributed by atoms with van der Waals surface area (Å²) in [7, 11) is -3.70. The fourth-order valence-electron chi connectivity index (χ4n) is 2.00. The largest absolute Gasteiger partial charge is 0.357 e. The maximum Gasteiger partial charge on any atom is 0.264 e. The zero-order valence-electron chi connectivity index (χ0n) is 12.6. The van der Waals surface area contributed by atoms with Gasteiger partial charge in [-0.3, -0.25) is 10.0 Å². The molecular weight excluding hydrogens is 308 g/mol. The summed E-state index contributed by atoms with van der Waals surface area (Å²) in [6.45, 7) is 1.28. The number of carbonyl (C=O) groups excluding carboxylic acids is 1. The van der Waals surface area contributed by atoms with Crippen LogP contribution in [0.5, 0.6) is 0 Å². The topological polar surface area (TPSA) is 110 Å². The summed E-state index contributed by atoms with van der Waals surface area (Å²) in [5, 5.41) is 12.6. The third-order valence-corrected chi connectivity index (χ3v) is 6.02. The number of amides is 1. The van der Waals surface area contributed by atoms with Gasteiger partial charge in [0.25, 0.3) is 5.91 Å². The molecule has 1 saturated carbocycles. The van der Waals surface area contributed by atoms with Gasteiger partial charge in [-0.2, -0.15) is 0 Å². The molecule has 0 aliphatic heterocycles. The van der Waals surface area contributed by atoms with E-state index >= 15 is 0 Å². The van der Waals surface area contributed by atoms with Crippen molar-refractivity contribution in [2.24, 2.45) is 5.92 Å². The molecule has 1 atom stereocenters. The molecule has 0 saturated heterocycles. The van der Waals surface area contributed by atoms with Gasteiger partial charge in [0.15, 0.2) is 15.6 Å². The third-order valence-electron chi connectivity index (χ3n) is 3.99. The van der Waals surface area contributed by atoms with Gasteiger partial charge in [-0.1, -0.05) is 11.2 Å². The Bertz CT molecular complexity index is 675. The van der Waals surface area contributed by atoms with E-state index in [1.54, 1.807) is 6.07 Å². The van der Waals surface area contributed by atoms with Crippen molar-refractivity contribution in [3.8, 4) is 0 Å². The number of hydrogen-bond acceptors (Lipinski definition) is 6. The molecule has 1 aliphatic carbocycles. The summed E-state index contributed by atoms with van der Waals surface area (Å²) >= 11 is 0. The lowest BCUT2D eigenvalue weighted by Crippen LogP contribution is -2.49. The SMILES string of the molecule is C[C@@](CCc1cc(C=CC2CC2)on1)(C(=O)NO)S(C)(=O)=O. The average Bonchev–Trinajstić information content (AvgIpc) is 3.18. The number of nitrogens with zero attached hydrogens (tertiary/aromatic N) is 1. The molecule has 0 unspecified atom stereocenters. The van der Waals surface area contributed by atoms with Crippen LogP contribution in [-0.2, 0) is 21.1 Å². The lowest BCUT2D eigenvalue weighted by molar-refractivity contribution is -0.131. The van der Waals surface area contributed by atoms with Crippen LogP contribution in [0, 0.1) is 5.92 Å². The van der Waals surface area contributed by atoms with E-state index in [1.807, 2.05) is 6.08 Å². The first-order valence-electron chi connectivity index (χ1n) is 7.04. The maximum absolute atomic E-state index is 11.8. The van der Waals surface area contributed by atoms with Crippen LogP contribution in [0.2, 0.25) is 0 Å². The van der Waals surface area contributed by atoms with Crippen molar-refractivity contribution in [2.45, 2.75) is 37.4 Å². The first-order chi connectivity index (χ1) is 10.3. The molecule has 2 N–H and O–H groups in total. The van der Waals surface area contributed by atoms with Crippen molar-refractivity contribution in [1.29, 1.82) is 0 Å². The normalized spacial score (nSPS) is 18.3. The van der Waals surface area contributed by atoms with Crippen LogP contribution in [0.4, 0.5) is 0 Å². The summed E-state index contributed by atoms with van der Waals surface area (Å²) in [4.78, 5) is 11.7. The molecule has 1 aromatic heterocycles. The summed E-state index contributed by atoms with van der Waals surface area (Å²) in [5.74, 6) is 0.275. The molecule has 2 rings (SSSR count). The van der Waals surface area contributed by atoms with Crippen molar-refractivity contribution in [3.63, 3.8) is 0 Å². The number of carbonyl (C=O) groups is 1. The number of hydrogen-bond donors (Lipinski definition) is 2. The van der Waals surface area contributed by atoms with Crippen LogP contribution in [0.15, 0.2) is 16.7 Å². The Balaban J connectivity index is 2.04. The minimum Gasteiger partial charge on any atom is -0.357 e. The molecule has 0 radical (unpaired) electrons. The molecule has 0 aromatic carbocycles. The molecule has 7 nitrogen and oxygen atoms in total. The van der Waals surface area contributed by atoms with Gasteiger partial charge in [0.2, 0.25) is 0 Å². The predicted octanol–water partition coefficient (Wildman–Crippen LogP) is 1.34. The van der Waals surface area contributed by atoms with Gasteiger partial charge >= 0.3 is 0 Å². The second kappa shape index (κ2) is 6.21. The highest BCUT2D eigenvalue weighted by atomic mass is 32.2. The van der Waals surface area contributed by atoms with E-state index in [1.165, 1.54) is 25.2 Å². The quantitative estimate of drug-likeness (QED) is 0.577. The van der Waals surface area contributed by atoms with Crippen LogP contribution < -0.4 is 5.48 Å². The summed E-state index contributed by atoms with van der Waals surface area (Å²) < 4.78 is 27.1. The van der Waals surface area contributed by atoms with E-state index in [9.17, 15) is 13.2 Å². The smallest absolute Gasteiger partial charge is 0.264 e. The summed E-state index contributed by atoms with van der Waals surface area (Å²) in [6.07, 6.45) is 7.51. The standard InChI is InChI=1S/C14H20N2O5S/c1-14(13(17)15-18,22(2,19)20)8-7-11-9-12(21-16-11)6-5-10-3-4-10/h5-6,9-10,18H,3-4,7-8H2,1-2H3,(H,15,17)/t14-/m1/s1. The summed E-state index contributed by atoms with van der Waals surface area (Å²) in [6, 6.07) is 1.72. The Labute approximate surface area is 129 Å². The number of rotatable bonds is 7. The van der Waals surface area contributed by atoms with Crippen molar-refractivity contribution < 1.29 is 22.9 Å². The van der Waals surface area contributed by atoms with Crippen LogP contribution in [-0.4, -0.2) is 35.7 Å². The van der Waals surface area contributed by atoms with E-state index in [4.69, 9.17) is 9.73 Å². The second-order valence-corrected chi connectivity index (χ2v) is 8.31. The Hall–Kier alpha value is -1.67. The van der Waals surface area contributed by atoms with E-state index in [-0.39, 0.29) is 12.8 Å². The van der Waals surface area contributed by atoms with Gasteiger partial charge in [-0.25, -0.2) is 13.9 Å². The van der Waals surface area contributed by atoms with E-state index < -0.39 is 20.5 Å². The molecule has 122 valence electrons. The van der Waals surface area contributed by atoms with Crippen LogP contribution in [0.25, 0.3) is 6.08 Å². The van der Waals surface area contributed by atoms with E-state index in [0.717, 1.165) is 6.26 Å². The first-order valence-corrected chi connectivity index (χ1v) is 8.93. The van der Waals surface area contributed by atoms with Gasteiger partial charge in [-0.05, 0) is 44.6 Å². The van der Waals surface area contributed by atoms with Crippen molar-refractivity contribution in [1.82, 2.24) is 10.6 Å². The zero-order valence-corrected chi connectivity index (χ0v) is 13.4. The predicted molar refractivity (Wildman–Crippen MR) is 79.8 cm³/mol. The Morgan fingerprint density at radius 2 is 2.27 bits per heavy atom. The van der Waals surface area contributed by atoms with Gasteiger partial charge < -0.3 is 4.52 Å². The van der Waals surface area contributed by atoms with Crippen molar-refractivity contribution in [2.75, 3.05) is 6.26 Å². The van der Waals surface area contributed by atoms with Gasteiger partial charge in [-0.15, -0.1) is 0 Å². The number of aromatic nitrogens is 1. The minimum atomic E-state index is -3.70. The number of nitrogens with one attached hydrogen (secondary N) is 1. The summed E-state index contributed by atoms with van der Waals surface area (Å²) in [5.41, 5.74) is 1.99. The molecule has 1 amide bonds. The minimum absolute atomic E-state index is 0.00343. The van der Waals surface area contributed by atoms with Crippen LogP contribution in [0.1, 0.15) is 37.6 Å². The van der Waals surface area contributed by atoms with Gasteiger partial charge in [0.05, 0.1) is 5.69 Å². The van der Waals surface area contributed by atoms with Crippen LogP contribution >= 0.6 is 0 Å². The Morgan fingerprint density at radius 1 is 1.59 bits per heavy atom. The number of sulfone groups is 1. The van der Waals surface area contributed by atoms with Gasteiger partial charge in [0, 0.05) is 12.3 Å². The molecule has 1 heterocycles. The molecule has 1 aliphatic rings. The molecule has 1 fully saturated rings. The van der Waals surface area contributed by atoms with Crippen molar-refractivity contribution >= 4 is 21.8 Å². The monoisotopic (exact) mass is 328 g/mol. The zero-order chi connectivity index (χ0) is 16.4. The molecular formula is C14H20N2O5S. The average molecular weight is 328 g/mol. The highest BCUT2D eigenvalue weighted by molar-refractivity contribution is 7.92. The van der Waals surface area contributed by atoms with E-state index in [2.05, 4.69) is 11.2 Å². The fraction of sp³-hybridized carbons (Fsp3) is 0.571. The maximum atomic E-state index is 11.8. The lowest BCUT2D eigenvalue weighted by atomic mass is 10.0. The highest BCUT2D eigenvalue weighted by Crippen LogP contribution is 2.31. The number of hydroxylamine groups is 1. The van der Waals surface area contributed by atoms with E-state index in [0.29, 0.717) is 17.4 Å². The van der Waals surface area contributed by atoms with Crippen LogP contribution in [0.3, 0.4) is 0 Å². The molecule has 8 heteroatoms. The third kappa shape index (κ3) is 3.75. The second-order valence-electron chi connectivity index (χ2n) is 5.86. The molecule has 0 bridgehead atoms. The Kier molecular flexibility index (Phi) is 4.72. The fourth-order valence-corrected chi connectivity index (χ4v) is 2.85. The molecule has 0 spiro atoms. The number of aryl methyl sites for hydroxylation is 1. The lowest BCUT2D eigenvalue weighted by Gasteiger charge is -2.24. The number of allylic oxidation sites excluding steroid dienone is 1. The molecule has 1 aromatic rings.